The van der Waals surface area contributed by atoms with Crippen molar-refractivity contribution in [2.75, 3.05) is 7.05 Å². The summed E-state index contributed by atoms with van der Waals surface area (Å²) in [6.07, 6.45) is 0. The average molecular weight is 177 g/mol. The van der Waals surface area contributed by atoms with E-state index in [-0.39, 0.29) is 17.7 Å². The van der Waals surface area contributed by atoms with Crippen molar-refractivity contribution in [3.63, 3.8) is 0 Å². The number of nitrogens with zero attached hydrogens (tertiary/aromatic N) is 1. The Morgan fingerprint density at radius 2 is 2.15 bits per heavy atom. The largest absolute Gasteiger partial charge is 0.507 e. The molecule has 1 aromatic rings. The monoisotopic (exact) mass is 177 g/mol. The second-order valence-corrected chi connectivity index (χ2v) is 3.33. The van der Waals surface area contributed by atoms with Crippen LogP contribution in [0.15, 0.2) is 18.2 Å². The molecule has 3 nitrogen and oxygen atoms in total. The molecule has 1 aliphatic rings. The van der Waals surface area contributed by atoms with Crippen molar-refractivity contribution in [2.45, 2.75) is 13.0 Å². The summed E-state index contributed by atoms with van der Waals surface area (Å²) in [6, 6.07) is 5.25. The summed E-state index contributed by atoms with van der Waals surface area (Å²) in [7, 11) is 1.74. The van der Waals surface area contributed by atoms with Crippen LogP contribution in [0.25, 0.3) is 0 Å². The zero-order valence-electron chi connectivity index (χ0n) is 7.61. The molecule has 3 heteroatoms. The first kappa shape index (κ1) is 8.10. The predicted molar refractivity (Wildman–Crippen MR) is 48.6 cm³/mol. The number of hydrogen-bond acceptors (Lipinski definition) is 2. The molecule has 1 heterocycles. The number of aromatic hydroxyl groups is 1. The number of fused-ring (bicyclic) bond motifs is 1. The molecule has 0 bridgehead atoms. The summed E-state index contributed by atoms with van der Waals surface area (Å²) >= 11 is 0. The fourth-order valence-corrected chi connectivity index (χ4v) is 1.70. The van der Waals surface area contributed by atoms with Gasteiger partial charge in [0.2, 0.25) is 0 Å². The number of carbonyl (C=O) groups is 1. The Morgan fingerprint density at radius 3 is 2.77 bits per heavy atom. The molecule has 0 fully saturated rings. The Morgan fingerprint density at radius 1 is 1.46 bits per heavy atom. The highest BCUT2D eigenvalue weighted by Gasteiger charge is 2.32. The second-order valence-electron chi connectivity index (χ2n) is 3.33. The number of benzene rings is 1. The number of carbonyl (C=O) groups excluding carboxylic acids is 1. The SMILES string of the molecule is C[C@@H]1c2cccc(O)c2C(=O)N1C. The molecule has 1 aromatic carbocycles. The van der Waals surface area contributed by atoms with Crippen molar-refractivity contribution in [1.29, 1.82) is 0 Å². The highest BCUT2D eigenvalue weighted by atomic mass is 16.3. The average Bonchev–Trinajstić information content (AvgIpc) is 2.33. The maximum Gasteiger partial charge on any atom is 0.258 e. The number of phenols is 1. The van der Waals surface area contributed by atoms with Crippen molar-refractivity contribution in [3.05, 3.63) is 29.3 Å². The van der Waals surface area contributed by atoms with Crippen molar-refractivity contribution in [2.24, 2.45) is 0 Å². The Kier molecular flexibility index (Phi) is 1.55. The Hall–Kier alpha value is -1.51. The Labute approximate surface area is 76.6 Å². The molecule has 0 unspecified atom stereocenters. The summed E-state index contributed by atoms with van der Waals surface area (Å²) in [5.41, 5.74) is 1.37. The number of amides is 1. The van der Waals surface area contributed by atoms with Crippen molar-refractivity contribution < 1.29 is 9.90 Å². The molecular weight excluding hydrogens is 166 g/mol. The first-order valence-corrected chi connectivity index (χ1v) is 4.22. The van der Waals surface area contributed by atoms with Crippen LogP contribution in [0.5, 0.6) is 5.75 Å². The summed E-state index contributed by atoms with van der Waals surface area (Å²) in [6.45, 7) is 1.95. The quantitative estimate of drug-likeness (QED) is 0.653. The molecule has 1 aliphatic heterocycles. The second kappa shape index (κ2) is 2.49. The van der Waals surface area contributed by atoms with Crippen LogP contribution in [0.3, 0.4) is 0 Å². The number of phenolic OH excluding ortho intramolecular Hbond substituents is 1. The highest BCUT2D eigenvalue weighted by Crippen LogP contribution is 2.36. The van der Waals surface area contributed by atoms with Gasteiger partial charge in [-0.15, -0.1) is 0 Å². The minimum absolute atomic E-state index is 0.0644. The van der Waals surface area contributed by atoms with E-state index in [2.05, 4.69) is 0 Å². The zero-order chi connectivity index (χ0) is 9.59. The lowest BCUT2D eigenvalue weighted by Gasteiger charge is -2.14. The van der Waals surface area contributed by atoms with E-state index in [1.54, 1.807) is 24.1 Å². The van der Waals surface area contributed by atoms with Crippen LogP contribution in [0.1, 0.15) is 28.9 Å². The molecule has 2 rings (SSSR count). The van der Waals surface area contributed by atoms with Crippen LogP contribution in [0.2, 0.25) is 0 Å². The third-order valence-corrected chi connectivity index (χ3v) is 2.64. The van der Waals surface area contributed by atoms with E-state index in [1.807, 2.05) is 13.0 Å². The molecule has 0 saturated heterocycles. The molecule has 1 N–H and O–H groups in total. The number of hydrogen-bond donors (Lipinski definition) is 1. The van der Waals surface area contributed by atoms with Crippen LogP contribution in [-0.2, 0) is 0 Å². The van der Waals surface area contributed by atoms with Gasteiger partial charge in [-0.1, -0.05) is 12.1 Å². The summed E-state index contributed by atoms with van der Waals surface area (Å²) in [5.74, 6) is -0.0145. The van der Waals surface area contributed by atoms with Crippen LogP contribution in [0, 0.1) is 0 Å². The zero-order valence-corrected chi connectivity index (χ0v) is 7.61. The number of rotatable bonds is 0. The summed E-state index contributed by atoms with van der Waals surface area (Å²) in [5, 5.41) is 9.49. The van der Waals surface area contributed by atoms with Crippen molar-refractivity contribution in [3.8, 4) is 5.75 Å². The highest BCUT2D eigenvalue weighted by molar-refractivity contribution is 6.01. The maximum atomic E-state index is 11.6. The molecular formula is C10H11NO2. The molecule has 0 saturated carbocycles. The van der Waals surface area contributed by atoms with Gasteiger partial charge in [-0.3, -0.25) is 4.79 Å². The molecule has 0 spiro atoms. The lowest BCUT2D eigenvalue weighted by molar-refractivity contribution is 0.0782. The lowest BCUT2D eigenvalue weighted by Crippen LogP contribution is -2.20. The van der Waals surface area contributed by atoms with Crippen LogP contribution < -0.4 is 0 Å². The van der Waals surface area contributed by atoms with Gasteiger partial charge in [-0.05, 0) is 18.6 Å². The van der Waals surface area contributed by atoms with Gasteiger partial charge in [0.05, 0.1) is 11.6 Å². The van der Waals surface area contributed by atoms with Crippen molar-refractivity contribution in [1.82, 2.24) is 4.90 Å². The van der Waals surface area contributed by atoms with Gasteiger partial charge < -0.3 is 10.0 Å². The molecule has 1 amide bonds. The Bertz CT molecular complexity index is 373. The fourth-order valence-electron chi connectivity index (χ4n) is 1.70. The predicted octanol–water partition coefficient (Wildman–Crippen LogP) is 1.54. The van der Waals surface area contributed by atoms with E-state index < -0.39 is 0 Å². The van der Waals surface area contributed by atoms with Gasteiger partial charge in [0.15, 0.2) is 0 Å². The molecule has 0 aromatic heterocycles. The Balaban J connectivity index is 2.66. The van der Waals surface area contributed by atoms with E-state index in [0.717, 1.165) is 5.56 Å². The van der Waals surface area contributed by atoms with Gasteiger partial charge in [0.1, 0.15) is 5.75 Å². The standard InChI is InChI=1S/C10H11NO2/c1-6-7-4-3-5-8(12)9(7)10(13)11(6)2/h3-6,12H,1-2H3/t6-/m1/s1. The van der Waals surface area contributed by atoms with E-state index in [1.165, 1.54) is 0 Å². The van der Waals surface area contributed by atoms with E-state index in [0.29, 0.717) is 5.56 Å². The summed E-state index contributed by atoms with van der Waals surface area (Å²) in [4.78, 5) is 13.2. The van der Waals surface area contributed by atoms with Crippen LogP contribution >= 0.6 is 0 Å². The maximum absolute atomic E-state index is 11.6. The third kappa shape index (κ3) is 0.932. The van der Waals surface area contributed by atoms with Gasteiger partial charge in [0.25, 0.3) is 5.91 Å². The topological polar surface area (TPSA) is 40.5 Å². The van der Waals surface area contributed by atoms with Gasteiger partial charge in [0, 0.05) is 7.05 Å². The van der Waals surface area contributed by atoms with Gasteiger partial charge in [-0.25, -0.2) is 0 Å². The molecule has 0 radical (unpaired) electrons. The smallest absolute Gasteiger partial charge is 0.258 e. The first-order chi connectivity index (χ1) is 6.13. The van der Waals surface area contributed by atoms with E-state index >= 15 is 0 Å². The minimum Gasteiger partial charge on any atom is -0.507 e. The van der Waals surface area contributed by atoms with E-state index in [4.69, 9.17) is 0 Å². The van der Waals surface area contributed by atoms with Gasteiger partial charge >= 0.3 is 0 Å². The fraction of sp³-hybridized carbons (Fsp3) is 0.300. The molecule has 68 valence electrons. The van der Waals surface area contributed by atoms with Crippen LogP contribution in [0.4, 0.5) is 0 Å². The first-order valence-electron chi connectivity index (χ1n) is 4.22. The molecule has 1 atom stereocenters. The van der Waals surface area contributed by atoms with E-state index in [9.17, 15) is 9.90 Å². The lowest BCUT2D eigenvalue weighted by atomic mass is 10.1. The normalized spacial score (nSPS) is 20.6. The summed E-state index contributed by atoms with van der Waals surface area (Å²) < 4.78 is 0. The minimum atomic E-state index is -0.0967. The molecule has 13 heavy (non-hydrogen) atoms. The molecule has 0 aliphatic carbocycles. The van der Waals surface area contributed by atoms with Crippen molar-refractivity contribution >= 4 is 5.91 Å². The van der Waals surface area contributed by atoms with Crippen LogP contribution in [-0.4, -0.2) is 23.0 Å². The van der Waals surface area contributed by atoms with Gasteiger partial charge in [-0.2, -0.15) is 0 Å². The third-order valence-electron chi connectivity index (χ3n) is 2.64.